The van der Waals surface area contributed by atoms with Crippen LogP contribution in [0.1, 0.15) is 51.7 Å². The van der Waals surface area contributed by atoms with Crippen molar-refractivity contribution < 1.29 is 38.2 Å². The Kier molecular flexibility index (Phi) is 10.8. The first-order valence-electron chi connectivity index (χ1n) is 10.1. The second-order valence-corrected chi connectivity index (χ2v) is 12.3. The van der Waals surface area contributed by atoms with Crippen LogP contribution in [0.2, 0.25) is 0 Å². The fourth-order valence-electron chi connectivity index (χ4n) is 3.45. The van der Waals surface area contributed by atoms with E-state index < -0.39 is 28.0 Å². The minimum atomic E-state index is -2.59. The third kappa shape index (κ3) is 8.77. The zero-order chi connectivity index (χ0) is 25.5. The Labute approximate surface area is 209 Å². The van der Waals surface area contributed by atoms with Crippen LogP contribution in [0.3, 0.4) is 0 Å². The molecule has 0 radical (unpaired) electrons. The molecule has 4 N–H and O–H groups in total. The molecule has 0 aliphatic carbocycles. The molecule has 2 aromatic carbocycles. The predicted molar refractivity (Wildman–Crippen MR) is 137 cm³/mol. The summed E-state index contributed by atoms with van der Waals surface area (Å²) in [7, 11) is -3.46. The SMILES string of the molecule is CC(C)(CC(=O)SSC(=O)CC(C)(C)c1ccccc1OP(O)O)c1ccccc1OP(O)O. The van der Waals surface area contributed by atoms with Crippen LogP contribution < -0.4 is 9.05 Å². The van der Waals surface area contributed by atoms with Gasteiger partial charge in [-0.15, -0.1) is 0 Å². The summed E-state index contributed by atoms with van der Waals surface area (Å²) in [5.41, 5.74) is -0.0290. The van der Waals surface area contributed by atoms with E-state index >= 15 is 0 Å². The highest BCUT2D eigenvalue weighted by Crippen LogP contribution is 2.43. The number of benzene rings is 2. The number of hydrogen-bond donors (Lipinski definition) is 4. The summed E-state index contributed by atoms with van der Waals surface area (Å²) < 4.78 is 10.2. The first-order valence-corrected chi connectivity index (χ1v) is 14.6. The van der Waals surface area contributed by atoms with Crippen LogP contribution in [0.15, 0.2) is 48.5 Å². The van der Waals surface area contributed by atoms with Gasteiger partial charge in [0.05, 0.1) is 0 Å². The van der Waals surface area contributed by atoms with Gasteiger partial charge in [-0.2, -0.15) is 0 Å². The summed E-state index contributed by atoms with van der Waals surface area (Å²) in [5.74, 6) is 0.587. The second-order valence-electron chi connectivity index (χ2n) is 8.71. The van der Waals surface area contributed by atoms with Crippen LogP contribution in [-0.2, 0) is 20.4 Å². The summed E-state index contributed by atoms with van der Waals surface area (Å²) >= 11 is 0. The molecule has 0 bridgehead atoms. The topological polar surface area (TPSA) is 134 Å². The van der Waals surface area contributed by atoms with Crippen molar-refractivity contribution in [2.24, 2.45) is 0 Å². The first kappa shape index (κ1) is 29.0. The molecule has 2 rings (SSSR count). The molecule has 186 valence electrons. The van der Waals surface area contributed by atoms with E-state index in [1.54, 1.807) is 48.5 Å². The Balaban J connectivity index is 2.00. The first-order chi connectivity index (χ1) is 15.8. The molecule has 8 nitrogen and oxygen atoms in total. The van der Waals surface area contributed by atoms with E-state index in [0.717, 1.165) is 21.6 Å². The molecule has 0 aliphatic heterocycles. The van der Waals surface area contributed by atoms with Crippen molar-refractivity contribution in [2.45, 2.75) is 51.4 Å². The Hall–Kier alpha value is -1.22. The number of hydrogen-bond acceptors (Lipinski definition) is 10. The fourth-order valence-corrected chi connectivity index (χ4v) is 6.06. The van der Waals surface area contributed by atoms with Gasteiger partial charge in [-0.25, -0.2) is 0 Å². The van der Waals surface area contributed by atoms with Gasteiger partial charge in [0.1, 0.15) is 11.5 Å². The monoisotopic (exact) mass is 546 g/mol. The van der Waals surface area contributed by atoms with E-state index in [0.29, 0.717) is 22.6 Å². The van der Waals surface area contributed by atoms with E-state index in [-0.39, 0.29) is 23.1 Å². The van der Waals surface area contributed by atoms with Gasteiger partial charge in [0.25, 0.3) is 0 Å². The highest BCUT2D eigenvalue weighted by atomic mass is 33.1. The molecule has 34 heavy (non-hydrogen) atoms. The third-order valence-electron chi connectivity index (χ3n) is 4.99. The predicted octanol–water partition coefficient (Wildman–Crippen LogP) is 5.34. The third-order valence-corrected chi connectivity index (χ3v) is 7.82. The number of carbonyl (C=O) groups is 2. The van der Waals surface area contributed by atoms with Crippen LogP contribution in [-0.4, -0.2) is 29.8 Å². The molecule has 0 aliphatic rings. The zero-order valence-corrected chi connectivity index (χ0v) is 22.6. The van der Waals surface area contributed by atoms with E-state index in [2.05, 4.69) is 0 Å². The summed E-state index contributed by atoms with van der Waals surface area (Å²) in [4.78, 5) is 62.2. The molecule has 0 fully saturated rings. The van der Waals surface area contributed by atoms with Crippen LogP contribution in [0.25, 0.3) is 0 Å². The maximum absolute atomic E-state index is 12.7. The largest absolute Gasteiger partial charge is 0.427 e. The molecule has 0 spiro atoms. The van der Waals surface area contributed by atoms with Crippen molar-refractivity contribution in [3.63, 3.8) is 0 Å². The van der Waals surface area contributed by atoms with E-state index in [1.165, 1.54) is 0 Å². The molecule has 0 unspecified atom stereocenters. The number of rotatable bonds is 10. The molecule has 0 amide bonds. The van der Waals surface area contributed by atoms with Gasteiger partial charge < -0.3 is 28.6 Å². The second kappa shape index (κ2) is 12.7. The van der Waals surface area contributed by atoms with E-state index in [4.69, 9.17) is 9.05 Å². The lowest BCUT2D eigenvalue weighted by molar-refractivity contribution is -0.113. The van der Waals surface area contributed by atoms with Crippen LogP contribution in [0.4, 0.5) is 0 Å². The summed E-state index contributed by atoms with van der Waals surface area (Å²) in [6.45, 7) is 7.37. The van der Waals surface area contributed by atoms with Gasteiger partial charge in [0.2, 0.25) is 10.2 Å². The maximum atomic E-state index is 12.7. The van der Waals surface area contributed by atoms with Gasteiger partial charge in [-0.3, -0.25) is 9.59 Å². The molecule has 2 aromatic rings. The van der Waals surface area contributed by atoms with Crippen molar-refractivity contribution in [3.8, 4) is 11.5 Å². The minimum absolute atomic E-state index is 0.101. The van der Waals surface area contributed by atoms with E-state index in [1.807, 2.05) is 27.7 Å². The molecule has 0 aromatic heterocycles. The highest BCUT2D eigenvalue weighted by molar-refractivity contribution is 8.87. The quantitative estimate of drug-likeness (QED) is 0.229. The Morgan fingerprint density at radius 1 is 0.706 bits per heavy atom. The standard InChI is InChI=1S/C22H28O8P2S2/c1-21(2,15-9-5-7-11-17(15)29-31(25)26)13-19(23)33-34-20(24)14-22(3,4)16-10-6-8-12-18(16)30-32(27)28/h5-12,25-28H,13-14H2,1-4H3. The van der Waals surface area contributed by atoms with Gasteiger partial charge in [0, 0.05) is 34.8 Å². The van der Waals surface area contributed by atoms with Crippen molar-refractivity contribution in [2.75, 3.05) is 0 Å². The van der Waals surface area contributed by atoms with Crippen molar-refractivity contribution in [1.29, 1.82) is 0 Å². The lowest BCUT2D eigenvalue weighted by Gasteiger charge is -2.27. The lowest BCUT2D eigenvalue weighted by atomic mass is 9.81. The van der Waals surface area contributed by atoms with Crippen molar-refractivity contribution in [1.82, 2.24) is 0 Å². The van der Waals surface area contributed by atoms with Crippen LogP contribution in [0.5, 0.6) is 11.5 Å². The normalized spacial score (nSPS) is 12.2. The van der Waals surface area contributed by atoms with Crippen LogP contribution in [0, 0.1) is 0 Å². The lowest BCUT2D eigenvalue weighted by Crippen LogP contribution is -2.22. The average molecular weight is 547 g/mol. The molecule has 0 saturated carbocycles. The summed E-state index contributed by atoms with van der Waals surface area (Å²) in [5, 5.41) is -0.415. The van der Waals surface area contributed by atoms with Crippen molar-refractivity contribution >= 4 is 49.0 Å². The minimum Gasteiger partial charge on any atom is -0.427 e. The van der Waals surface area contributed by atoms with Gasteiger partial charge in [0.15, 0.2) is 0 Å². The molecular formula is C22H28O8P2S2. The smallest absolute Gasteiger partial charge is 0.391 e. The average Bonchev–Trinajstić information content (AvgIpc) is 2.71. The summed E-state index contributed by atoms with van der Waals surface area (Å²) in [6.07, 6.45) is 0.202. The molecular weight excluding hydrogens is 518 g/mol. The number of para-hydroxylation sites is 2. The van der Waals surface area contributed by atoms with Crippen molar-refractivity contribution in [3.05, 3.63) is 59.7 Å². The van der Waals surface area contributed by atoms with Crippen LogP contribution >= 0.6 is 38.8 Å². The number of carbonyl (C=O) groups excluding carboxylic acids is 2. The Bertz CT molecular complexity index is 919. The fraction of sp³-hybridized carbons (Fsp3) is 0.364. The Morgan fingerprint density at radius 3 is 1.35 bits per heavy atom. The maximum Gasteiger partial charge on any atom is 0.391 e. The summed E-state index contributed by atoms with van der Waals surface area (Å²) in [6, 6.07) is 13.7. The van der Waals surface area contributed by atoms with Gasteiger partial charge in [-0.1, -0.05) is 64.1 Å². The Morgan fingerprint density at radius 2 is 1.03 bits per heavy atom. The highest BCUT2D eigenvalue weighted by Gasteiger charge is 2.31. The van der Waals surface area contributed by atoms with Gasteiger partial charge >= 0.3 is 17.2 Å². The van der Waals surface area contributed by atoms with Gasteiger partial charge in [-0.05, 0) is 33.7 Å². The molecule has 0 atom stereocenters. The van der Waals surface area contributed by atoms with E-state index in [9.17, 15) is 29.2 Å². The molecule has 0 heterocycles. The zero-order valence-electron chi connectivity index (χ0n) is 19.2. The molecule has 0 saturated heterocycles. The molecule has 12 heteroatoms.